The van der Waals surface area contributed by atoms with Crippen molar-refractivity contribution >= 4 is 33.3 Å². The van der Waals surface area contributed by atoms with Crippen LogP contribution in [0, 0.1) is 12.7 Å². The van der Waals surface area contributed by atoms with Crippen LogP contribution in [-0.4, -0.2) is 21.0 Å². The lowest BCUT2D eigenvalue weighted by Crippen LogP contribution is -2.04. The van der Waals surface area contributed by atoms with Crippen LogP contribution in [-0.2, 0) is 6.54 Å². The minimum atomic E-state index is -0.974. The van der Waals surface area contributed by atoms with E-state index in [2.05, 4.69) is 15.3 Å². The number of halogens is 1. The van der Waals surface area contributed by atoms with Crippen molar-refractivity contribution in [3.05, 3.63) is 76.4 Å². The van der Waals surface area contributed by atoms with E-state index in [1.54, 1.807) is 35.6 Å². The molecule has 5 nitrogen and oxygen atoms in total. The van der Waals surface area contributed by atoms with E-state index < -0.39 is 5.97 Å². The van der Waals surface area contributed by atoms with Gasteiger partial charge in [0.05, 0.1) is 10.9 Å². The number of nitrogens with one attached hydrogen (secondary N) is 1. The van der Waals surface area contributed by atoms with Crippen molar-refractivity contribution in [2.45, 2.75) is 13.5 Å². The minimum Gasteiger partial charge on any atom is -0.478 e. The Bertz CT molecular complexity index is 1150. The van der Waals surface area contributed by atoms with Gasteiger partial charge in [-0.05, 0) is 42.8 Å². The van der Waals surface area contributed by atoms with Gasteiger partial charge in [-0.3, -0.25) is 0 Å². The molecule has 0 atom stereocenters. The summed E-state index contributed by atoms with van der Waals surface area (Å²) in [5.41, 5.74) is 1.89. The molecule has 0 unspecified atom stereocenters. The largest absolute Gasteiger partial charge is 0.478 e. The van der Waals surface area contributed by atoms with Crippen LogP contribution < -0.4 is 5.32 Å². The molecule has 0 saturated heterocycles. The van der Waals surface area contributed by atoms with E-state index in [1.165, 1.54) is 24.3 Å². The Balaban J connectivity index is 1.70. The molecule has 4 aromatic rings. The number of carboxylic acid groups (broad SMARTS) is 1. The van der Waals surface area contributed by atoms with Crippen LogP contribution in [0.4, 0.5) is 10.2 Å². The fourth-order valence-corrected chi connectivity index (χ4v) is 3.74. The van der Waals surface area contributed by atoms with Gasteiger partial charge in [0.2, 0.25) is 0 Å². The van der Waals surface area contributed by atoms with Gasteiger partial charge in [0.15, 0.2) is 5.82 Å². The number of nitrogens with zero attached hydrogens (tertiary/aromatic N) is 2. The number of anilines is 1. The van der Waals surface area contributed by atoms with Gasteiger partial charge in [-0.15, -0.1) is 11.3 Å². The number of aromatic carboxylic acids is 1. The predicted octanol–water partition coefficient (Wildman–Crippen LogP) is 5.12. The Morgan fingerprint density at radius 1 is 1.11 bits per heavy atom. The van der Waals surface area contributed by atoms with Crippen molar-refractivity contribution in [1.29, 1.82) is 0 Å². The van der Waals surface area contributed by atoms with Crippen LogP contribution in [0.1, 0.15) is 20.8 Å². The van der Waals surface area contributed by atoms with Gasteiger partial charge in [-0.1, -0.05) is 24.3 Å². The number of aromatic nitrogens is 2. The summed E-state index contributed by atoms with van der Waals surface area (Å²) in [5.74, 6) is -0.0314. The SMILES string of the molecule is Cc1cc2c(NCc3ccc(F)cc3)nc(-c3ccc(C(=O)O)cc3)nc2s1. The molecule has 0 saturated carbocycles. The zero-order chi connectivity index (χ0) is 19.7. The topological polar surface area (TPSA) is 75.1 Å². The maximum Gasteiger partial charge on any atom is 0.335 e. The van der Waals surface area contributed by atoms with Gasteiger partial charge in [0.1, 0.15) is 16.5 Å². The van der Waals surface area contributed by atoms with E-state index in [4.69, 9.17) is 5.11 Å². The van der Waals surface area contributed by atoms with Crippen LogP contribution in [0.2, 0.25) is 0 Å². The third-order valence-corrected chi connectivity index (χ3v) is 5.22. The maximum absolute atomic E-state index is 13.1. The van der Waals surface area contributed by atoms with Gasteiger partial charge in [-0.2, -0.15) is 0 Å². The van der Waals surface area contributed by atoms with Gasteiger partial charge in [-0.25, -0.2) is 19.2 Å². The molecular formula is C21H16FN3O2S. The molecule has 0 fully saturated rings. The van der Waals surface area contributed by atoms with E-state index >= 15 is 0 Å². The van der Waals surface area contributed by atoms with Crippen molar-refractivity contribution < 1.29 is 14.3 Å². The quantitative estimate of drug-likeness (QED) is 0.492. The molecular weight excluding hydrogens is 377 g/mol. The molecule has 0 aliphatic carbocycles. The summed E-state index contributed by atoms with van der Waals surface area (Å²) in [5, 5.41) is 13.3. The van der Waals surface area contributed by atoms with Crippen molar-refractivity contribution in [2.24, 2.45) is 0 Å². The molecule has 7 heteroatoms. The number of rotatable bonds is 5. The number of carbonyl (C=O) groups is 1. The van der Waals surface area contributed by atoms with Crippen molar-refractivity contribution in [1.82, 2.24) is 9.97 Å². The zero-order valence-corrected chi connectivity index (χ0v) is 15.8. The molecule has 4 rings (SSSR count). The predicted molar refractivity (Wildman–Crippen MR) is 108 cm³/mol. The first kappa shape index (κ1) is 18.1. The second-order valence-corrected chi connectivity index (χ2v) is 7.57. The summed E-state index contributed by atoms with van der Waals surface area (Å²) >= 11 is 1.57. The zero-order valence-electron chi connectivity index (χ0n) is 14.9. The summed E-state index contributed by atoms with van der Waals surface area (Å²) in [6, 6.07) is 14.8. The number of hydrogen-bond acceptors (Lipinski definition) is 5. The van der Waals surface area contributed by atoms with Crippen molar-refractivity contribution in [3.63, 3.8) is 0 Å². The molecule has 0 spiro atoms. The third-order valence-electron chi connectivity index (χ3n) is 4.28. The number of thiophene rings is 1. The van der Waals surface area contributed by atoms with Crippen molar-refractivity contribution in [2.75, 3.05) is 5.32 Å². The Hall–Kier alpha value is -3.32. The first-order valence-electron chi connectivity index (χ1n) is 8.60. The lowest BCUT2D eigenvalue weighted by Gasteiger charge is -2.09. The first-order chi connectivity index (χ1) is 13.5. The van der Waals surface area contributed by atoms with Crippen molar-refractivity contribution in [3.8, 4) is 11.4 Å². The normalized spacial score (nSPS) is 10.9. The van der Waals surface area contributed by atoms with Gasteiger partial charge in [0.25, 0.3) is 0 Å². The standard InChI is InChI=1S/C21H16FN3O2S/c1-12-10-17-19(23-11-13-2-8-16(22)9-3-13)24-18(25-20(17)28-12)14-4-6-15(7-5-14)21(26)27/h2-10H,11H2,1H3,(H,26,27)(H,23,24,25). The Labute approximate surface area is 164 Å². The second kappa shape index (κ2) is 7.36. The molecule has 2 N–H and O–H groups in total. The van der Waals surface area contributed by atoms with Gasteiger partial charge >= 0.3 is 5.97 Å². The van der Waals surface area contributed by atoms with E-state index in [0.29, 0.717) is 18.2 Å². The molecule has 2 aromatic carbocycles. The maximum atomic E-state index is 13.1. The number of hydrogen-bond donors (Lipinski definition) is 2. The molecule has 2 aromatic heterocycles. The van der Waals surface area contributed by atoms with E-state index in [9.17, 15) is 9.18 Å². The Morgan fingerprint density at radius 3 is 2.50 bits per heavy atom. The first-order valence-corrected chi connectivity index (χ1v) is 9.41. The number of aryl methyl sites for hydroxylation is 1. The molecule has 0 bridgehead atoms. The summed E-state index contributed by atoms with van der Waals surface area (Å²) in [7, 11) is 0. The average Bonchev–Trinajstić information content (AvgIpc) is 3.07. The van der Waals surface area contributed by atoms with Crippen LogP contribution in [0.25, 0.3) is 21.6 Å². The summed E-state index contributed by atoms with van der Waals surface area (Å²) in [6.07, 6.45) is 0. The van der Waals surface area contributed by atoms with E-state index in [0.717, 1.165) is 26.2 Å². The third kappa shape index (κ3) is 3.70. The lowest BCUT2D eigenvalue weighted by atomic mass is 10.1. The molecule has 0 radical (unpaired) electrons. The molecule has 0 amide bonds. The highest BCUT2D eigenvalue weighted by atomic mass is 32.1. The van der Waals surface area contributed by atoms with Crippen LogP contribution in [0.3, 0.4) is 0 Å². The molecule has 2 heterocycles. The lowest BCUT2D eigenvalue weighted by molar-refractivity contribution is 0.0697. The number of fused-ring (bicyclic) bond motifs is 1. The molecule has 140 valence electrons. The van der Waals surface area contributed by atoms with E-state index in [-0.39, 0.29) is 11.4 Å². The highest BCUT2D eigenvalue weighted by Crippen LogP contribution is 2.31. The summed E-state index contributed by atoms with van der Waals surface area (Å²) in [6.45, 7) is 2.51. The Morgan fingerprint density at radius 2 is 1.82 bits per heavy atom. The number of carboxylic acids is 1. The number of benzene rings is 2. The fraction of sp³-hybridized carbons (Fsp3) is 0.0952. The molecule has 0 aliphatic heterocycles. The fourth-order valence-electron chi connectivity index (χ4n) is 2.86. The minimum absolute atomic E-state index is 0.214. The molecule has 0 aliphatic rings. The van der Waals surface area contributed by atoms with Gasteiger partial charge < -0.3 is 10.4 Å². The Kier molecular flexibility index (Phi) is 4.75. The summed E-state index contributed by atoms with van der Waals surface area (Å²) < 4.78 is 13.1. The summed E-state index contributed by atoms with van der Waals surface area (Å²) in [4.78, 5) is 22.3. The van der Waals surface area contributed by atoms with Crippen LogP contribution >= 0.6 is 11.3 Å². The average molecular weight is 393 g/mol. The highest BCUT2D eigenvalue weighted by Gasteiger charge is 2.13. The van der Waals surface area contributed by atoms with Gasteiger partial charge in [0, 0.05) is 17.0 Å². The molecule has 28 heavy (non-hydrogen) atoms. The highest BCUT2D eigenvalue weighted by molar-refractivity contribution is 7.18. The smallest absolute Gasteiger partial charge is 0.335 e. The van der Waals surface area contributed by atoms with Crippen LogP contribution in [0.5, 0.6) is 0 Å². The van der Waals surface area contributed by atoms with E-state index in [1.807, 2.05) is 13.0 Å². The monoisotopic (exact) mass is 393 g/mol. The van der Waals surface area contributed by atoms with Crippen LogP contribution in [0.15, 0.2) is 54.6 Å². The second-order valence-electron chi connectivity index (χ2n) is 6.33.